The summed E-state index contributed by atoms with van der Waals surface area (Å²) in [5.74, 6) is -3.04. The molecule has 0 unspecified atom stereocenters. The number of hydrogen-bond donors (Lipinski definition) is 1. The molecule has 1 heterocycles. The van der Waals surface area contributed by atoms with Crippen LogP contribution < -0.4 is 0 Å². The van der Waals surface area contributed by atoms with E-state index in [1.165, 1.54) is 5.38 Å². The summed E-state index contributed by atoms with van der Waals surface area (Å²) in [6.07, 6.45) is 0. The molecule has 0 aliphatic heterocycles. The Morgan fingerprint density at radius 3 is 2.71 bits per heavy atom. The van der Waals surface area contributed by atoms with Crippen LogP contribution in [0.25, 0.3) is 10.6 Å². The summed E-state index contributed by atoms with van der Waals surface area (Å²) in [7, 11) is 0. The second-order valence-corrected chi connectivity index (χ2v) is 4.33. The lowest BCUT2D eigenvalue weighted by Gasteiger charge is -2.02. The fourth-order valence-electron chi connectivity index (χ4n) is 1.21. The zero-order valence-corrected chi connectivity index (χ0v) is 9.65. The highest BCUT2D eigenvalue weighted by Crippen LogP contribution is 2.32. The molecule has 3 nitrogen and oxygen atoms in total. The number of nitrogens with zero attached hydrogens (tertiary/aromatic N) is 1. The van der Waals surface area contributed by atoms with Crippen molar-refractivity contribution in [1.82, 2.24) is 4.98 Å². The molecule has 2 rings (SSSR count). The zero-order chi connectivity index (χ0) is 12.6. The van der Waals surface area contributed by atoms with E-state index in [2.05, 4.69) is 4.98 Å². The molecular formula is C10H4ClF2NO2S. The molecule has 0 saturated heterocycles. The average Bonchev–Trinajstić information content (AvgIpc) is 2.73. The van der Waals surface area contributed by atoms with E-state index < -0.39 is 23.2 Å². The van der Waals surface area contributed by atoms with Crippen LogP contribution >= 0.6 is 22.9 Å². The van der Waals surface area contributed by atoms with Gasteiger partial charge in [0.15, 0.2) is 11.5 Å². The van der Waals surface area contributed by atoms with E-state index >= 15 is 0 Å². The van der Waals surface area contributed by atoms with E-state index in [1.807, 2.05) is 0 Å². The van der Waals surface area contributed by atoms with Gasteiger partial charge in [-0.1, -0.05) is 11.6 Å². The summed E-state index contributed by atoms with van der Waals surface area (Å²) in [5.41, 5.74) is -0.668. The van der Waals surface area contributed by atoms with E-state index in [1.54, 1.807) is 0 Å². The Bertz CT molecular complexity index is 600. The molecule has 0 atom stereocenters. The minimum Gasteiger partial charge on any atom is -0.476 e. The van der Waals surface area contributed by atoms with Gasteiger partial charge in [0, 0.05) is 5.38 Å². The van der Waals surface area contributed by atoms with Crippen LogP contribution in [0.2, 0.25) is 5.02 Å². The Morgan fingerprint density at radius 2 is 2.12 bits per heavy atom. The Kier molecular flexibility index (Phi) is 3.08. The molecule has 88 valence electrons. The summed E-state index contributed by atoms with van der Waals surface area (Å²) in [6, 6.07) is 2.09. The number of carboxylic acid groups (broad SMARTS) is 1. The van der Waals surface area contributed by atoms with Crippen molar-refractivity contribution in [2.45, 2.75) is 0 Å². The topological polar surface area (TPSA) is 50.2 Å². The number of carbonyl (C=O) groups is 1. The standard InChI is InChI=1S/C10H4ClF2NO2S/c11-4-1-2-5(12)7(8(4)13)9-14-6(3-17-9)10(15)16/h1-3H,(H,15,16). The fourth-order valence-corrected chi connectivity index (χ4v) is 2.20. The van der Waals surface area contributed by atoms with Crippen LogP contribution in [-0.2, 0) is 0 Å². The van der Waals surface area contributed by atoms with Crippen LogP contribution in [0.5, 0.6) is 0 Å². The molecule has 0 spiro atoms. The molecule has 1 N–H and O–H groups in total. The molecule has 0 saturated carbocycles. The summed E-state index contributed by atoms with van der Waals surface area (Å²) in [5, 5.41) is 9.58. The lowest BCUT2D eigenvalue weighted by atomic mass is 10.2. The van der Waals surface area contributed by atoms with Crippen LogP contribution in [0.4, 0.5) is 8.78 Å². The third kappa shape index (κ3) is 2.13. The van der Waals surface area contributed by atoms with E-state index in [9.17, 15) is 13.6 Å². The van der Waals surface area contributed by atoms with Gasteiger partial charge >= 0.3 is 5.97 Å². The second kappa shape index (κ2) is 4.38. The number of benzene rings is 1. The predicted octanol–water partition coefficient (Wildman–Crippen LogP) is 3.44. The number of aromatic nitrogens is 1. The van der Waals surface area contributed by atoms with Gasteiger partial charge in [-0.2, -0.15) is 0 Å². The first kappa shape index (κ1) is 11.9. The third-order valence-electron chi connectivity index (χ3n) is 1.98. The molecule has 0 aliphatic carbocycles. The number of hydrogen-bond acceptors (Lipinski definition) is 3. The Balaban J connectivity index is 2.60. The van der Waals surface area contributed by atoms with Crippen molar-refractivity contribution in [3.05, 3.63) is 39.9 Å². The van der Waals surface area contributed by atoms with Crippen LogP contribution in [0, 0.1) is 11.6 Å². The highest BCUT2D eigenvalue weighted by molar-refractivity contribution is 7.13. The minimum absolute atomic E-state index is 0.0556. The van der Waals surface area contributed by atoms with Gasteiger partial charge in [0.2, 0.25) is 0 Å². The first-order valence-electron chi connectivity index (χ1n) is 4.33. The number of halogens is 3. The van der Waals surface area contributed by atoms with Gasteiger partial charge < -0.3 is 5.11 Å². The zero-order valence-electron chi connectivity index (χ0n) is 8.08. The average molecular weight is 276 g/mol. The van der Waals surface area contributed by atoms with Gasteiger partial charge in [-0.25, -0.2) is 18.6 Å². The van der Waals surface area contributed by atoms with Crippen molar-refractivity contribution >= 4 is 28.9 Å². The summed E-state index contributed by atoms with van der Waals surface area (Å²) in [4.78, 5) is 14.2. The quantitative estimate of drug-likeness (QED) is 0.854. The molecule has 0 fully saturated rings. The van der Waals surface area contributed by atoms with Crippen molar-refractivity contribution in [1.29, 1.82) is 0 Å². The van der Waals surface area contributed by atoms with Crippen molar-refractivity contribution in [3.63, 3.8) is 0 Å². The van der Waals surface area contributed by atoms with Gasteiger partial charge in [-0.15, -0.1) is 11.3 Å². The normalized spacial score (nSPS) is 10.5. The van der Waals surface area contributed by atoms with Crippen LogP contribution in [0.1, 0.15) is 10.5 Å². The van der Waals surface area contributed by atoms with Crippen molar-refractivity contribution in [2.24, 2.45) is 0 Å². The molecule has 2 aromatic rings. The number of thiazole rings is 1. The van der Waals surface area contributed by atoms with Gasteiger partial charge in [0.05, 0.1) is 10.6 Å². The Morgan fingerprint density at radius 1 is 1.41 bits per heavy atom. The third-order valence-corrected chi connectivity index (χ3v) is 3.13. The molecule has 17 heavy (non-hydrogen) atoms. The fraction of sp³-hybridized carbons (Fsp3) is 0. The van der Waals surface area contributed by atoms with E-state index in [4.69, 9.17) is 16.7 Å². The van der Waals surface area contributed by atoms with Crippen molar-refractivity contribution < 1.29 is 18.7 Å². The van der Waals surface area contributed by atoms with Crippen LogP contribution in [0.3, 0.4) is 0 Å². The molecular weight excluding hydrogens is 272 g/mol. The molecule has 0 amide bonds. The van der Waals surface area contributed by atoms with Gasteiger partial charge in [0.25, 0.3) is 0 Å². The molecule has 1 aromatic carbocycles. The largest absolute Gasteiger partial charge is 0.476 e. The maximum atomic E-state index is 13.6. The van der Waals surface area contributed by atoms with Gasteiger partial charge in [-0.3, -0.25) is 0 Å². The minimum atomic E-state index is -1.25. The lowest BCUT2D eigenvalue weighted by molar-refractivity contribution is 0.0691. The number of rotatable bonds is 2. The van der Waals surface area contributed by atoms with E-state index in [0.717, 1.165) is 23.5 Å². The Hall–Kier alpha value is -1.53. The van der Waals surface area contributed by atoms with Gasteiger partial charge in [0.1, 0.15) is 10.8 Å². The van der Waals surface area contributed by atoms with Gasteiger partial charge in [-0.05, 0) is 12.1 Å². The number of carboxylic acids is 1. The van der Waals surface area contributed by atoms with E-state index in [-0.39, 0.29) is 15.7 Å². The Labute approximate surface area is 103 Å². The second-order valence-electron chi connectivity index (χ2n) is 3.06. The molecule has 0 bridgehead atoms. The SMILES string of the molecule is O=C(O)c1csc(-c2c(F)ccc(Cl)c2F)n1. The molecule has 7 heteroatoms. The summed E-state index contributed by atoms with van der Waals surface area (Å²) < 4.78 is 27.1. The maximum Gasteiger partial charge on any atom is 0.355 e. The molecule has 0 aliphatic rings. The van der Waals surface area contributed by atoms with Crippen molar-refractivity contribution in [3.8, 4) is 10.6 Å². The molecule has 0 radical (unpaired) electrons. The summed E-state index contributed by atoms with van der Waals surface area (Å²) in [6.45, 7) is 0. The smallest absolute Gasteiger partial charge is 0.355 e. The monoisotopic (exact) mass is 275 g/mol. The first-order chi connectivity index (χ1) is 8.00. The lowest BCUT2D eigenvalue weighted by Crippen LogP contribution is -1.97. The predicted molar refractivity (Wildman–Crippen MR) is 59.4 cm³/mol. The van der Waals surface area contributed by atoms with Crippen LogP contribution in [-0.4, -0.2) is 16.1 Å². The molecule has 1 aromatic heterocycles. The first-order valence-corrected chi connectivity index (χ1v) is 5.59. The van der Waals surface area contributed by atoms with Crippen molar-refractivity contribution in [2.75, 3.05) is 0 Å². The van der Waals surface area contributed by atoms with E-state index in [0.29, 0.717) is 0 Å². The maximum absolute atomic E-state index is 13.6. The number of aromatic carboxylic acids is 1. The highest BCUT2D eigenvalue weighted by Gasteiger charge is 2.19. The summed E-state index contributed by atoms with van der Waals surface area (Å²) >= 11 is 6.36. The van der Waals surface area contributed by atoms with Crippen LogP contribution in [0.15, 0.2) is 17.5 Å². The highest BCUT2D eigenvalue weighted by atomic mass is 35.5.